The van der Waals surface area contributed by atoms with Crippen LogP contribution in [0.4, 0.5) is 13.2 Å². The number of carbonyl (C=O) groups is 2. The van der Waals surface area contributed by atoms with E-state index in [1.165, 1.54) is 12.7 Å². The van der Waals surface area contributed by atoms with Crippen molar-refractivity contribution in [3.8, 4) is 0 Å². The van der Waals surface area contributed by atoms with E-state index in [0.717, 1.165) is 58.2 Å². The first-order valence-electron chi connectivity index (χ1n) is 12.1. The van der Waals surface area contributed by atoms with Crippen molar-refractivity contribution >= 4 is 11.9 Å². The molecular weight excluding hydrogens is 447 g/mol. The average Bonchev–Trinajstić information content (AvgIpc) is 3.20. The highest BCUT2D eigenvalue weighted by Gasteiger charge is 2.44. The number of halogens is 3. The van der Waals surface area contributed by atoms with Gasteiger partial charge in [-0.1, -0.05) is 36.8 Å². The lowest BCUT2D eigenvalue weighted by atomic mass is 9.72. The monoisotopic (exact) mass is 485 g/mol. The summed E-state index contributed by atoms with van der Waals surface area (Å²) in [5.74, 6) is -1.93. The number of nitrogens with two attached hydrogens (primary N) is 1. The molecule has 1 heterocycles. The van der Waals surface area contributed by atoms with E-state index in [2.05, 4.69) is 27.1 Å². The Hall–Kier alpha value is -2.13. The summed E-state index contributed by atoms with van der Waals surface area (Å²) in [6.07, 6.45) is 2.81. The molecule has 6 nitrogen and oxygen atoms in total. The van der Waals surface area contributed by atoms with Crippen molar-refractivity contribution in [2.45, 2.75) is 76.6 Å². The molecule has 192 valence electrons. The number of alkyl halides is 3. The highest BCUT2D eigenvalue weighted by molar-refractivity contribution is 5.81. The third kappa shape index (κ3) is 9.62. The van der Waals surface area contributed by atoms with Crippen molar-refractivity contribution in [2.75, 3.05) is 26.7 Å². The molecule has 3 N–H and O–H groups in total. The van der Waals surface area contributed by atoms with E-state index in [4.69, 9.17) is 5.73 Å². The molecule has 1 aromatic rings. The lowest BCUT2D eigenvalue weighted by molar-refractivity contribution is -0.174. The molecule has 9 heteroatoms. The van der Waals surface area contributed by atoms with Gasteiger partial charge >= 0.3 is 18.1 Å². The predicted molar refractivity (Wildman–Crippen MR) is 125 cm³/mol. The molecule has 1 amide bonds. The second-order valence-corrected chi connectivity index (χ2v) is 9.37. The van der Waals surface area contributed by atoms with Crippen LogP contribution in [-0.2, 0) is 20.9 Å². The Labute approximate surface area is 200 Å². The van der Waals surface area contributed by atoms with E-state index in [0.29, 0.717) is 25.8 Å². The van der Waals surface area contributed by atoms with Gasteiger partial charge < -0.3 is 15.8 Å². The second kappa shape index (κ2) is 13.7. The van der Waals surface area contributed by atoms with Crippen LogP contribution in [0.2, 0.25) is 0 Å². The van der Waals surface area contributed by atoms with Gasteiger partial charge in [0.25, 0.3) is 0 Å². The van der Waals surface area contributed by atoms with Gasteiger partial charge in [0, 0.05) is 25.6 Å². The highest BCUT2D eigenvalue weighted by Crippen LogP contribution is 2.44. The Balaban J connectivity index is 0.000000347. The van der Waals surface area contributed by atoms with Gasteiger partial charge in [0.05, 0.1) is 7.11 Å². The van der Waals surface area contributed by atoms with Crippen molar-refractivity contribution in [2.24, 2.45) is 11.1 Å². The average molecular weight is 486 g/mol. The van der Waals surface area contributed by atoms with Gasteiger partial charge in [-0.3, -0.25) is 14.5 Å². The van der Waals surface area contributed by atoms with Gasteiger partial charge in [0.2, 0.25) is 0 Å². The van der Waals surface area contributed by atoms with Crippen molar-refractivity contribution in [3.05, 3.63) is 35.9 Å². The van der Waals surface area contributed by atoms with Gasteiger partial charge in [-0.05, 0) is 69.0 Å². The Morgan fingerprint density at radius 2 is 1.79 bits per heavy atom. The molecule has 1 aromatic carbocycles. The van der Waals surface area contributed by atoms with Crippen molar-refractivity contribution in [1.82, 2.24) is 10.2 Å². The maximum Gasteiger partial charge on any atom is 0.471 e. The highest BCUT2D eigenvalue weighted by atomic mass is 19.4. The van der Waals surface area contributed by atoms with Gasteiger partial charge in [-0.2, -0.15) is 13.2 Å². The SMILES string of the molecule is COC(=O)CCCCCN.O=C(NC1CCC2(CC1)CCN(Cc1ccccc1)C2)C(F)(F)F. The number of likely N-dealkylation sites (tertiary alicyclic amines) is 1. The van der Waals surface area contributed by atoms with E-state index in [-0.39, 0.29) is 17.4 Å². The Morgan fingerprint density at radius 1 is 1.12 bits per heavy atom. The van der Waals surface area contributed by atoms with Crippen LogP contribution in [0.3, 0.4) is 0 Å². The fourth-order valence-electron chi connectivity index (χ4n) is 4.75. The Morgan fingerprint density at radius 3 is 2.38 bits per heavy atom. The predicted octanol–water partition coefficient (Wildman–Crippen LogP) is 4.18. The van der Waals surface area contributed by atoms with Crippen molar-refractivity contribution in [1.29, 1.82) is 0 Å². The number of unbranched alkanes of at least 4 members (excludes halogenated alkanes) is 2. The summed E-state index contributed by atoms with van der Waals surface area (Å²) in [5, 5.41) is 2.14. The molecule has 0 unspecified atom stereocenters. The van der Waals surface area contributed by atoms with E-state index in [1.807, 2.05) is 18.2 Å². The fraction of sp³-hybridized carbons (Fsp3) is 0.680. The quantitative estimate of drug-likeness (QED) is 0.426. The smallest absolute Gasteiger partial charge is 0.469 e. The summed E-state index contributed by atoms with van der Waals surface area (Å²) in [4.78, 5) is 24.0. The molecule has 1 aliphatic heterocycles. The zero-order chi connectivity index (χ0) is 25.0. The van der Waals surface area contributed by atoms with E-state index >= 15 is 0 Å². The molecule has 1 aliphatic carbocycles. The molecule has 1 saturated heterocycles. The molecule has 0 bridgehead atoms. The molecule has 1 saturated carbocycles. The van der Waals surface area contributed by atoms with E-state index in [9.17, 15) is 22.8 Å². The molecule has 2 aliphatic rings. The standard InChI is InChI=1S/C18H23F3N2O.C7H15NO2/c19-18(20,21)16(24)22-15-6-8-17(9-7-15)10-11-23(13-17)12-14-4-2-1-3-5-14;1-10-7(9)5-3-2-4-6-8/h1-5,15H,6-13H2,(H,22,24);2-6,8H2,1H3. The summed E-state index contributed by atoms with van der Waals surface area (Å²) in [6.45, 7) is 3.67. The Bertz CT molecular complexity index is 751. The first-order chi connectivity index (χ1) is 16.2. The van der Waals surface area contributed by atoms with Crippen LogP contribution < -0.4 is 11.1 Å². The third-order valence-electron chi connectivity index (χ3n) is 6.72. The van der Waals surface area contributed by atoms with Gasteiger partial charge in [0.1, 0.15) is 0 Å². The van der Waals surface area contributed by atoms with Crippen LogP contribution in [-0.4, -0.2) is 55.7 Å². The third-order valence-corrected chi connectivity index (χ3v) is 6.72. The maximum absolute atomic E-state index is 12.3. The summed E-state index contributed by atoms with van der Waals surface area (Å²) in [6, 6.07) is 9.98. The van der Waals surface area contributed by atoms with Crippen LogP contribution in [0.5, 0.6) is 0 Å². The number of rotatable bonds is 8. The lowest BCUT2D eigenvalue weighted by Gasteiger charge is -2.37. The number of benzene rings is 1. The number of nitrogens with one attached hydrogen (secondary N) is 1. The maximum atomic E-state index is 12.3. The number of esters is 1. The van der Waals surface area contributed by atoms with Crippen molar-refractivity contribution < 1.29 is 27.5 Å². The zero-order valence-corrected chi connectivity index (χ0v) is 20.0. The first kappa shape index (κ1) is 28.1. The zero-order valence-electron chi connectivity index (χ0n) is 20.0. The fourth-order valence-corrected chi connectivity index (χ4v) is 4.75. The number of ether oxygens (including phenoxy) is 1. The molecule has 2 fully saturated rings. The Kier molecular flexibility index (Phi) is 11.3. The van der Waals surface area contributed by atoms with Gasteiger partial charge in [-0.15, -0.1) is 0 Å². The van der Waals surface area contributed by atoms with Crippen LogP contribution in [0, 0.1) is 5.41 Å². The van der Waals surface area contributed by atoms with Crippen LogP contribution in [0.1, 0.15) is 63.4 Å². The molecule has 0 radical (unpaired) electrons. The van der Waals surface area contributed by atoms with Crippen LogP contribution in [0.25, 0.3) is 0 Å². The number of hydrogen-bond acceptors (Lipinski definition) is 5. The summed E-state index contributed by atoms with van der Waals surface area (Å²) >= 11 is 0. The molecular formula is C25H38F3N3O3. The van der Waals surface area contributed by atoms with E-state index < -0.39 is 12.1 Å². The number of methoxy groups -OCH3 is 1. The minimum absolute atomic E-state index is 0.128. The summed E-state index contributed by atoms with van der Waals surface area (Å²) < 4.78 is 41.5. The second-order valence-electron chi connectivity index (χ2n) is 9.37. The molecule has 3 rings (SSSR count). The molecule has 0 aromatic heterocycles. The van der Waals surface area contributed by atoms with E-state index in [1.54, 1.807) is 0 Å². The number of hydrogen-bond donors (Lipinski definition) is 2. The number of nitrogens with zero attached hydrogens (tertiary/aromatic N) is 1. The van der Waals surface area contributed by atoms with Crippen LogP contribution in [0.15, 0.2) is 30.3 Å². The van der Waals surface area contributed by atoms with Crippen molar-refractivity contribution in [3.63, 3.8) is 0 Å². The van der Waals surface area contributed by atoms with Gasteiger partial charge in [0.15, 0.2) is 0 Å². The number of amides is 1. The van der Waals surface area contributed by atoms with Gasteiger partial charge in [-0.25, -0.2) is 0 Å². The number of carbonyl (C=O) groups excluding carboxylic acids is 2. The summed E-state index contributed by atoms with van der Waals surface area (Å²) in [7, 11) is 1.41. The topological polar surface area (TPSA) is 84.7 Å². The first-order valence-corrected chi connectivity index (χ1v) is 12.1. The molecule has 1 spiro atoms. The largest absolute Gasteiger partial charge is 0.471 e. The minimum atomic E-state index is -4.78. The van der Waals surface area contributed by atoms with Crippen LogP contribution >= 0.6 is 0 Å². The lowest BCUT2D eigenvalue weighted by Crippen LogP contribution is -2.46. The minimum Gasteiger partial charge on any atom is -0.469 e. The summed E-state index contributed by atoms with van der Waals surface area (Å²) in [5.41, 5.74) is 6.77. The normalized spacial score (nSPS) is 22.7. The molecule has 34 heavy (non-hydrogen) atoms. The molecule has 0 atom stereocenters.